The molecule has 9 heteroatoms. The van der Waals surface area contributed by atoms with Gasteiger partial charge in [0.05, 0.1) is 23.2 Å². The minimum atomic E-state index is -0.521. The Morgan fingerprint density at radius 1 is 1.22 bits per heavy atom. The second-order valence-electron chi connectivity index (χ2n) is 7.20. The molecule has 0 spiro atoms. The zero-order valence-corrected chi connectivity index (χ0v) is 18.8. The van der Waals surface area contributed by atoms with Crippen LogP contribution in [-0.2, 0) is 4.79 Å². The maximum absolute atomic E-state index is 13.4. The Morgan fingerprint density at radius 3 is 2.50 bits per heavy atom. The molecule has 7 nitrogen and oxygen atoms in total. The summed E-state index contributed by atoms with van der Waals surface area (Å²) in [5.41, 5.74) is 3.20. The lowest BCUT2D eigenvalue weighted by Crippen LogP contribution is -2.48. The predicted molar refractivity (Wildman–Crippen MR) is 126 cm³/mol. The number of halogens is 1. The van der Waals surface area contributed by atoms with Crippen molar-refractivity contribution in [3.05, 3.63) is 87.8 Å². The number of benzene rings is 2. The number of amides is 1. The molecule has 160 valence electrons. The molecule has 1 aliphatic heterocycles. The van der Waals surface area contributed by atoms with E-state index in [1.807, 2.05) is 19.1 Å². The fourth-order valence-corrected chi connectivity index (χ4v) is 4.03. The molecule has 32 heavy (non-hydrogen) atoms. The SMILES string of the molecule is CC1=C(C(=O)Nc2cc(C)on2)[C@H](c2ccc(C#N)cc2)NC(=S)N1c1ccc(Cl)cc1. The molecule has 2 heterocycles. The van der Waals surface area contributed by atoms with Gasteiger partial charge in [0.2, 0.25) is 0 Å². The smallest absolute Gasteiger partial charge is 0.257 e. The van der Waals surface area contributed by atoms with Crippen molar-refractivity contribution in [2.24, 2.45) is 0 Å². The van der Waals surface area contributed by atoms with E-state index < -0.39 is 6.04 Å². The first-order valence-electron chi connectivity index (χ1n) is 9.69. The number of carbonyl (C=O) groups excluding carboxylic acids is 1. The first-order chi connectivity index (χ1) is 15.4. The third kappa shape index (κ3) is 4.21. The lowest BCUT2D eigenvalue weighted by molar-refractivity contribution is -0.113. The van der Waals surface area contributed by atoms with E-state index in [-0.39, 0.29) is 5.91 Å². The molecule has 4 rings (SSSR count). The van der Waals surface area contributed by atoms with Crippen LogP contribution in [0.15, 0.2) is 70.4 Å². The van der Waals surface area contributed by atoms with Gasteiger partial charge in [0.25, 0.3) is 5.91 Å². The van der Waals surface area contributed by atoms with Crippen LogP contribution in [0, 0.1) is 18.3 Å². The number of nitrogens with zero attached hydrogens (tertiary/aromatic N) is 3. The van der Waals surface area contributed by atoms with E-state index in [0.717, 1.165) is 11.3 Å². The molecule has 0 radical (unpaired) electrons. The summed E-state index contributed by atoms with van der Waals surface area (Å²) in [6, 6.07) is 17.4. The van der Waals surface area contributed by atoms with Gasteiger partial charge in [-0.1, -0.05) is 28.9 Å². The Morgan fingerprint density at radius 2 is 1.91 bits per heavy atom. The van der Waals surface area contributed by atoms with Crippen LogP contribution in [0.5, 0.6) is 0 Å². The quantitative estimate of drug-likeness (QED) is 0.533. The molecule has 1 aliphatic rings. The fourth-order valence-electron chi connectivity index (χ4n) is 3.55. The number of hydrogen-bond donors (Lipinski definition) is 2. The number of hydrogen-bond acceptors (Lipinski definition) is 5. The highest BCUT2D eigenvalue weighted by atomic mass is 35.5. The molecule has 1 aromatic heterocycles. The van der Waals surface area contributed by atoms with Gasteiger partial charge < -0.3 is 15.2 Å². The van der Waals surface area contributed by atoms with Crippen LogP contribution < -0.4 is 15.5 Å². The van der Waals surface area contributed by atoms with Crippen LogP contribution in [0.3, 0.4) is 0 Å². The molecule has 0 aliphatic carbocycles. The van der Waals surface area contributed by atoms with Crippen molar-refractivity contribution < 1.29 is 9.32 Å². The fraction of sp³-hybridized carbons (Fsp3) is 0.130. The van der Waals surface area contributed by atoms with Gasteiger partial charge in [-0.25, -0.2) is 0 Å². The van der Waals surface area contributed by atoms with Crippen LogP contribution in [-0.4, -0.2) is 16.2 Å². The molecule has 3 aromatic rings. The molecule has 0 bridgehead atoms. The number of carbonyl (C=O) groups is 1. The van der Waals surface area contributed by atoms with Gasteiger partial charge in [0.15, 0.2) is 10.9 Å². The van der Waals surface area contributed by atoms with Crippen molar-refractivity contribution in [1.82, 2.24) is 10.5 Å². The van der Waals surface area contributed by atoms with Crippen LogP contribution >= 0.6 is 23.8 Å². The van der Waals surface area contributed by atoms with E-state index >= 15 is 0 Å². The summed E-state index contributed by atoms with van der Waals surface area (Å²) in [5, 5.41) is 20.1. The van der Waals surface area contributed by atoms with Crippen LogP contribution in [0.25, 0.3) is 0 Å². The molecule has 0 unspecified atom stereocenters. The van der Waals surface area contributed by atoms with Gasteiger partial charge in [-0.2, -0.15) is 5.26 Å². The first kappa shape index (κ1) is 21.6. The van der Waals surface area contributed by atoms with Crippen LogP contribution in [0.1, 0.15) is 29.9 Å². The van der Waals surface area contributed by atoms with Gasteiger partial charge in [0.1, 0.15) is 5.76 Å². The average molecular weight is 464 g/mol. The van der Waals surface area contributed by atoms with Crippen molar-refractivity contribution in [3.8, 4) is 6.07 Å². The third-order valence-electron chi connectivity index (χ3n) is 5.06. The standard InChI is InChI=1S/C23H18ClN5O2S/c1-13-11-19(28-31-13)26-22(30)20-14(2)29(18-9-7-17(24)8-10-18)23(32)27-21(20)16-5-3-15(12-25)4-6-16/h3-11,21H,1-2H3,(H,27,32)(H,26,28,30)/t21-/m0/s1. The number of aryl methyl sites for hydroxylation is 1. The topological polar surface area (TPSA) is 94.2 Å². The van der Waals surface area contributed by atoms with Crippen LogP contribution in [0.2, 0.25) is 5.02 Å². The summed E-state index contributed by atoms with van der Waals surface area (Å²) in [4.78, 5) is 15.2. The maximum Gasteiger partial charge on any atom is 0.257 e. The van der Waals surface area contributed by atoms with E-state index in [4.69, 9.17) is 33.6 Å². The predicted octanol–water partition coefficient (Wildman–Crippen LogP) is 4.86. The number of allylic oxidation sites excluding steroid dienone is 1. The summed E-state index contributed by atoms with van der Waals surface area (Å²) in [6.45, 7) is 3.58. The second-order valence-corrected chi connectivity index (χ2v) is 8.03. The van der Waals surface area contributed by atoms with E-state index in [0.29, 0.717) is 38.5 Å². The summed E-state index contributed by atoms with van der Waals surface area (Å²) in [7, 11) is 0. The van der Waals surface area contributed by atoms with Crippen molar-refractivity contribution in [2.45, 2.75) is 19.9 Å². The minimum Gasteiger partial charge on any atom is -0.360 e. The van der Waals surface area contributed by atoms with Gasteiger partial charge in [-0.15, -0.1) is 0 Å². The number of nitrogens with one attached hydrogen (secondary N) is 2. The summed E-state index contributed by atoms with van der Waals surface area (Å²) in [5.74, 6) is 0.553. The molecule has 2 aromatic carbocycles. The highest BCUT2D eigenvalue weighted by Crippen LogP contribution is 2.34. The van der Waals surface area contributed by atoms with Crippen molar-refractivity contribution in [1.29, 1.82) is 5.26 Å². The monoisotopic (exact) mass is 463 g/mol. The van der Waals surface area contributed by atoms with Gasteiger partial charge in [-0.3, -0.25) is 9.69 Å². The summed E-state index contributed by atoms with van der Waals surface area (Å²) < 4.78 is 5.06. The third-order valence-corrected chi connectivity index (χ3v) is 5.61. The molecule has 0 saturated carbocycles. The Labute approximate surface area is 195 Å². The largest absolute Gasteiger partial charge is 0.360 e. The lowest BCUT2D eigenvalue weighted by atomic mass is 9.93. The molecule has 1 atom stereocenters. The Bertz CT molecular complexity index is 1260. The van der Waals surface area contributed by atoms with E-state index in [1.54, 1.807) is 54.3 Å². The Hall–Kier alpha value is -3.67. The van der Waals surface area contributed by atoms with E-state index in [9.17, 15) is 4.79 Å². The molecule has 2 N–H and O–H groups in total. The number of anilines is 2. The summed E-state index contributed by atoms with van der Waals surface area (Å²) in [6.07, 6.45) is 0. The lowest BCUT2D eigenvalue weighted by Gasteiger charge is -2.37. The molecule has 0 saturated heterocycles. The van der Waals surface area contributed by atoms with Gasteiger partial charge >= 0.3 is 0 Å². The average Bonchev–Trinajstić information content (AvgIpc) is 3.19. The van der Waals surface area contributed by atoms with Crippen molar-refractivity contribution in [3.63, 3.8) is 0 Å². The van der Waals surface area contributed by atoms with Gasteiger partial charge in [-0.05, 0) is 68.0 Å². The maximum atomic E-state index is 13.4. The van der Waals surface area contributed by atoms with Crippen molar-refractivity contribution >= 4 is 46.3 Å². The minimum absolute atomic E-state index is 0.317. The molecular weight excluding hydrogens is 446 g/mol. The molecular formula is C23H18ClN5O2S. The normalized spacial score (nSPS) is 15.9. The number of rotatable bonds is 4. The number of aromatic nitrogens is 1. The van der Waals surface area contributed by atoms with Crippen LogP contribution in [0.4, 0.5) is 11.5 Å². The second kappa shape index (κ2) is 8.83. The first-order valence-corrected chi connectivity index (χ1v) is 10.5. The van der Waals surface area contributed by atoms with E-state index in [2.05, 4.69) is 21.9 Å². The molecule has 1 amide bonds. The Kier molecular flexibility index (Phi) is 5.95. The molecule has 0 fully saturated rings. The van der Waals surface area contributed by atoms with E-state index in [1.165, 1.54) is 0 Å². The highest BCUT2D eigenvalue weighted by Gasteiger charge is 2.35. The van der Waals surface area contributed by atoms with Crippen molar-refractivity contribution in [2.75, 3.05) is 10.2 Å². The zero-order chi connectivity index (χ0) is 22.8. The van der Waals surface area contributed by atoms with Gasteiger partial charge in [0, 0.05) is 22.5 Å². The zero-order valence-electron chi connectivity index (χ0n) is 17.2. The number of thiocarbonyl (C=S) groups is 1. The number of nitriles is 1. The highest BCUT2D eigenvalue weighted by molar-refractivity contribution is 7.80. The Balaban J connectivity index is 1.80. The summed E-state index contributed by atoms with van der Waals surface area (Å²) >= 11 is 11.7.